The van der Waals surface area contributed by atoms with E-state index in [9.17, 15) is 8.42 Å². The highest BCUT2D eigenvalue weighted by molar-refractivity contribution is 7.91. The quantitative estimate of drug-likeness (QED) is 0.436. The van der Waals surface area contributed by atoms with Crippen molar-refractivity contribution in [3.05, 3.63) is 69.7 Å². The van der Waals surface area contributed by atoms with E-state index in [4.69, 9.17) is 11.6 Å². The molecule has 2 atom stereocenters. The van der Waals surface area contributed by atoms with Gasteiger partial charge in [0.2, 0.25) is 0 Å². The van der Waals surface area contributed by atoms with Crippen LogP contribution < -0.4 is 5.32 Å². The first-order chi connectivity index (χ1) is 14.4. The van der Waals surface area contributed by atoms with Crippen LogP contribution in [0.4, 0.5) is 0 Å². The number of nitrogens with one attached hydrogen (secondary N) is 1. The average molecular weight is 485 g/mol. The zero-order chi connectivity index (χ0) is 21.6. The van der Waals surface area contributed by atoms with Crippen LogP contribution in [0.15, 0.2) is 42.5 Å². The molecule has 2 unspecified atom stereocenters. The number of rotatable bonds is 10. The lowest BCUT2D eigenvalue weighted by Crippen LogP contribution is -2.37. The maximum Gasteiger partial charge on any atom is 0.150 e. The largest absolute Gasteiger partial charge is 0.316 e. The van der Waals surface area contributed by atoms with Gasteiger partial charge in [0.05, 0.1) is 5.75 Å². The fraction of sp³-hybridized carbons (Fsp3) is 0.520. The summed E-state index contributed by atoms with van der Waals surface area (Å²) in [5, 5.41) is 4.32. The van der Waals surface area contributed by atoms with Crippen LogP contribution in [0.25, 0.3) is 0 Å². The minimum atomic E-state index is -2.88. The van der Waals surface area contributed by atoms with Gasteiger partial charge in [0.1, 0.15) is 9.84 Å². The van der Waals surface area contributed by atoms with Gasteiger partial charge in [0.25, 0.3) is 0 Å². The highest BCUT2D eigenvalue weighted by Gasteiger charge is 2.29. The SMILES string of the molecule is CCCS(=O)(=O)CCCCc1ccc2c(c1)C(Cc1cccc(Cl)c1)C(NC)CC2.Cl. The van der Waals surface area contributed by atoms with Gasteiger partial charge < -0.3 is 5.32 Å². The van der Waals surface area contributed by atoms with Crippen molar-refractivity contribution >= 4 is 33.8 Å². The van der Waals surface area contributed by atoms with Gasteiger partial charge in [-0.3, -0.25) is 0 Å². The second kappa shape index (κ2) is 12.2. The summed E-state index contributed by atoms with van der Waals surface area (Å²) in [6.07, 6.45) is 6.50. The fourth-order valence-electron chi connectivity index (χ4n) is 4.68. The summed E-state index contributed by atoms with van der Waals surface area (Å²) in [5.41, 5.74) is 5.47. The lowest BCUT2D eigenvalue weighted by Gasteiger charge is -2.34. The summed E-state index contributed by atoms with van der Waals surface area (Å²) >= 11 is 6.22. The van der Waals surface area contributed by atoms with Crippen LogP contribution >= 0.6 is 24.0 Å². The van der Waals surface area contributed by atoms with Crippen molar-refractivity contribution in [1.82, 2.24) is 5.32 Å². The molecule has 31 heavy (non-hydrogen) atoms. The summed E-state index contributed by atoms with van der Waals surface area (Å²) in [5.74, 6) is 1.04. The van der Waals surface area contributed by atoms with Crippen LogP contribution in [0.3, 0.4) is 0 Å². The van der Waals surface area contributed by atoms with Gasteiger partial charge in [0.15, 0.2) is 0 Å². The van der Waals surface area contributed by atoms with E-state index in [0.29, 0.717) is 29.9 Å². The predicted octanol–water partition coefficient (Wildman–Crippen LogP) is 5.77. The number of halogens is 2. The van der Waals surface area contributed by atoms with Crippen molar-refractivity contribution in [3.63, 3.8) is 0 Å². The van der Waals surface area contributed by atoms with Crippen molar-refractivity contribution in [2.24, 2.45) is 0 Å². The minimum absolute atomic E-state index is 0. The monoisotopic (exact) mass is 483 g/mol. The number of likely N-dealkylation sites (N-methyl/N-ethyl adjacent to an activating group) is 1. The third-order valence-corrected chi connectivity index (χ3v) is 8.40. The first kappa shape index (κ1) is 26.2. The standard InChI is InChI=1S/C25H34ClNO2S.ClH/c1-3-14-30(28,29)15-5-4-7-19-10-11-21-12-13-25(27-2)24(23(21)17-19)18-20-8-6-9-22(26)16-20;/h6,8-11,16-17,24-25,27H,3-5,7,12-15,18H2,1-2H3;1H. The Morgan fingerprint density at radius 2 is 1.87 bits per heavy atom. The van der Waals surface area contributed by atoms with Crippen LogP contribution in [0.2, 0.25) is 5.02 Å². The second-order valence-electron chi connectivity index (χ2n) is 8.52. The first-order valence-electron chi connectivity index (χ1n) is 11.2. The van der Waals surface area contributed by atoms with Gasteiger partial charge >= 0.3 is 0 Å². The van der Waals surface area contributed by atoms with E-state index in [-0.39, 0.29) is 12.4 Å². The van der Waals surface area contributed by atoms with Crippen LogP contribution in [0, 0.1) is 0 Å². The number of fused-ring (bicyclic) bond motifs is 1. The van der Waals surface area contributed by atoms with Crippen molar-refractivity contribution < 1.29 is 8.42 Å². The molecule has 0 fully saturated rings. The minimum Gasteiger partial charge on any atom is -0.316 e. The van der Waals surface area contributed by atoms with Gasteiger partial charge in [-0.05, 0) is 86.4 Å². The van der Waals surface area contributed by atoms with Crippen LogP contribution in [-0.2, 0) is 29.1 Å². The molecule has 1 N–H and O–H groups in total. The zero-order valence-electron chi connectivity index (χ0n) is 18.6. The Morgan fingerprint density at radius 3 is 2.58 bits per heavy atom. The Balaban J connectivity index is 0.00000341. The number of sulfone groups is 1. The van der Waals surface area contributed by atoms with Crippen molar-refractivity contribution in [1.29, 1.82) is 0 Å². The Morgan fingerprint density at radius 1 is 1.06 bits per heavy atom. The molecule has 0 spiro atoms. The maximum atomic E-state index is 11.9. The van der Waals surface area contributed by atoms with Gasteiger partial charge in [0, 0.05) is 22.7 Å². The topological polar surface area (TPSA) is 46.2 Å². The number of unbranched alkanes of at least 4 members (excludes halogenated alkanes) is 1. The van der Waals surface area contributed by atoms with E-state index in [2.05, 4.69) is 42.7 Å². The van der Waals surface area contributed by atoms with E-state index >= 15 is 0 Å². The van der Waals surface area contributed by atoms with E-state index < -0.39 is 9.84 Å². The van der Waals surface area contributed by atoms with Gasteiger partial charge in [-0.15, -0.1) is 12.4 Å². The molecule has 3 rings (SSSR count). The molecule has 1 aliphatic carbocycles. The van der Waals surface area contributed by atoms with Gasteiger partial charge in [-0.25, -0.2) is 8.42 Å². The van der Waals surface area contributed by atoms with E-state index in [1.54, 1.807) is 0 Å². The van der Waals surface area contributed by atoms with Gasteiger partial charge in [-0.1, -0.05) is 48.9 Å². The van der Waals surface area contributed by atoms with Gasteiger partial charge in [-0.2, -0.15) is 0 Å². The molecule has 172 valence electrons. The Bertz CT molecular complexity index is 946. The van der Waals surface area contributed by atoms with E-state index in [0.717, 1.165) is 43.5 Å². The molecule has 0 amide bonds. The molecule has 2 aromatic rings. The van der Waals surface area contributed by atoms with E-state index in [1.165, 1.54) is 22.3 Å². The molecule has 0 saturated heterocycles. The van der Waals surface area contributed by atoms with Crippen LogP contribution in [-0.4, -0.2) is 33.0 Å². The molecular formula is C25H35Cl2NO2S. The third-order valence-electron chi connectivity index (χ3n) is 6.22. The molecule has 0 bridgehead atoms. The number of hydrogen-bond donors (Lipinski definition) is 1. The molecule has 3 nitrogen and oxygen atoms in total. The smallest absolute Gasteiger partial charge is 0.150 e. The molecular weight excluding hydrogens is 449 g/mol. The molecule has 6 heteroatoms. The highest BCUT2D eigenvalue weighted by Crippen LogP contribution is 2.35. The summed E-state index contributed by atoms with van der Waals surface area (Å²) in [4.78, 5) is 0. The predicted molar refractivity (Wildman–Crippen MR) is 135 cm³/mol. The lowest BCUT2D eigenvalue weighted by atomic mass is 9.75. The first-order valence-corrected chi connectivity index (χ1v) is 13.4. The number of aryl methyl sites for hydroxylation is 2. The molecule has 2 aromatic carbocycles. The molecule has 1 aliphatic rings. The average Bonchev–Trinajstić information content (AvgIpc) is 2.71. The Labute approximate surface area is 199 Å². The Kier molecular flexibility index (Phi) is 10.3. The summed E-state index contributed by atoms with van der Waals surface area (Å²) in [6.45, 7) is 1.92. The van der Waals surface area contributed by atoms with Crippen molar-refractivity contribution in [3.8, 4) is 0 Å². The molecule has 0 saturated carbocycles. The maximum absolute atomic E-state index is 11.9. The second-order valence-corrected chi connectivity index (χ2v) is 11.3. The van der Waals surface area contributed by atoms with Crippen molar-refractivity contribution in [2.45, 2.75) is 63.8 Å². The lowest BCUT2D eigenvalue weighted by molar-refractivity contribution is 0.409. The summed E-state index contributed by atoms with van der Waals surface area (Å²) < 4.78 is 23.9. The highest BCUT2D eigenvalue weighted by atomic mass is 35.5. The zero-order valence-corrected chi connectivity index (χ0v) is 21.0. The molecule has 0 radical (unpaired) electrons. The van der Waals surface area contributed by atoms with Crippen LogP contribution in [0.1, 0.15) is 60.8 Å². The van der Waals surface area contributed by atoms with E-state index in [1.807, 2.05) is 19.1 Å². The summed E-state index contributed by atoms with van der Waals surface area (Å²) in [7, 11) is -0.820. The molecule has 0 aromatic heterocycles. The normalized spacial score (nSPS) is 18.3. The number of hydrogen-bond acceptors (Lipinski definition) is 3. The van der Waals surface area contributed by atoms with Crippen LogP contribution in [0.5, 0.6) is 0 Å². The molecule has 0 aliphatic heterocycles. The Hall–Kier alpha value is -1.07. The van der Waals surface area contributed by atoms with Crippen molar-refractivity contribution in [2.75, 3.05) is 18.6 Å². The number of benzene rings is 2. The third kappa shape index (κ3) is 7.49. The summed E-state index contributed by atoms with van der Waals surface area (Å²) in [6, 6.07) is 15.5. The molecule has 0 heterocycles. The fourth-order valence-corrected chi connectivity index (χ4v) is 6.36.